The monoisotopic (exact) mass is 398 g/mol. The highest BCUT2D eigenvalue weighted by Gasteiger charge is 2.31. The standard InChI is InChI=1S/C17H13F3N2O2S2/c1-8-13-9(2)21-12(22-15(13)25-14(8)16(23)24)7-10-5-3-4-6-11(10)26-17(18,19)20/h3-6H,2,7H2,1H3,(H,21,22)(H,23,24). The highest BCUT2D eigenvalue weighted by Crippen LogP contribution is 2.42. The molecule has 0 saturated carbocycles. The molecule has 0 amide bonds. The number of hydrogen-bond acceptors (Lipinski definition) is 5. The summed E-state index contributed by atoms with van der Waals surface area (Å²) in [6, 6.07) is 6.23. The average molecular weight is 398 g/mol. The Hall–Kier alpha value is -2.26. The van der Waals surface area contributed by atoms with Crippen molar-refractivity contribution in [2.75, 3.05) is 0 Å². The topological polar surface area (TPSA) is 61.7 Å². The van der Waals surface area contributed by atoms with Crippen LogP contribution >= 0.6 is 23.1 Å². The normalized spacial score (nSPS) is 13.8. The molecule has 136 valence electrons. The number of carboxylic acid groups (broad SMARTS) is 1. The summed E-state index contributed by atoms with van der Waals surface area (Å²) >= 11 is 0.862. The van der Waals surface area contributed by atoms with Gasteiger partial charge >= 0.3 is 11.5 Å². The van der Waals surface area contributed by atoms with Crippen LogP contribution in [0.4, 0.5) is 18.2 Å². The second kappa shape index (κ2) is 6.81. The molecule has 0 spiro atoms. The van der Waals surface area contributed by atoms with Crippen LogP contribution in [-0.2, 0) is 6.42 Å². The fourth-order valence-electron chi connectivity index (χ4n) is 2.66. The summed E-state index contributed by atoms with van der Waals surface area (Å²) in [7, 11) is 0. The van der Waals surface area contributed by atoms with Gasteiger partial charge in [0, 0.05) is 22.6 Å². The molecule has 26 heavy (non-hydrogen) atoms. The molecule has 9 heteroatoms. The van der Waals surface area contributed by atoms with Crippen LogP contribution in [0.1, 0.15) is 26.4 Å². The van der Waals surface area contributed by atoms with Gasteiger partial charge in [-0.1, -0.05) is 24.8 Å². The molecule has 2 aromatic rings. The van der Waals surface area contributed by atoms with Crippen LogP contribution < -0.4 is 5.32 Å². The van der Waals surface area contributed by atoms with Gasteiger partial charge in [-0.25, -0.2) is 9.79 Å². The van der Waals surface area contributed by atoms with Crippen LogP contribution in [0.25, 0.3) is 5.70 Å². The van der Waals surface area contributed by atoms with Crippen LogP contribution in [0.15, 0.2) is 40.7 Å². The zero-order chi connectivity index (χ0) is 19.1. The van der Waals surface area contributed by atoms with Crippen molar-refractivity contribution < 1.29 is 23.1 Å². The minimum absolute atomic E-state index is 0.106. The number of alkyl halides is 3. The fourth-order valence-corrected chi connectivity index (χ4v) is 4.40. The van der Waals surface area contributed by atoms with Crippen molar-refractivity contribution in [2.24, 2.45) is 4.99 Å². The number of halogens is 3. The second-order valence-corrected chi connectivity index (χ2v) is 7.64. The molecule has 1 aromatic heterocycles. The molecule has 2 heterocycles. The molecule has 0 bridgehead atoms. The molecule has 1 aliphatic rings. The Morgan fingerprint density at radius 2 is 2.08 bits per heavy atom. The van der Waals surface area contributed by atoms with Gasteiger partial charge in [0.1, 0.15) is 15.7 Å². The summed E-state index contributed by atoms with van der Waals surface area (Å²) in [6.07, 6.45) is 0.150. The number of thioether (sulfide) groups is 1. The van der Waals surface area contributed by atoms with Crippen molar-refractivity contribution in [3.8, 4) is 0 Å². The molecule has 4 nitrogen and oxygen atoms in total. The lowest BCUT2D eigenvalue weighted by Gasteiger charge is -2.19. The maximum atomic E-state index is 12.7. The van der Waals surface area contributed by atoms with E-state index in [4.69, 9.17) is 0 Å². The first kappa shape index (κ1) is 18.5. The molecular formula is C17H13F3N2O2S2. The highest BCUT2D eigenvalue weighted by atomic mass is 32.2. The van der Waals surface area contributed by atoms with Gasteiger partial charge < -0.3 is 10.4 Å². The molecule has 2 N–H and O–H groups in total. The van der Waals surface area contributed by atoms with Gasteiger partial charge in [0.25, 0.3) is 0 Å². The van der Waals surface area contributed by atoms with Crippen molar-refractivity contribution in [3.05, 3.63) is 52.4 Å². The molecule has 0 radical (unpaired) electrons. The Labute approximate surface area is 155 Å². The number of nitrogens with one attached hydrogen (secondary N) is 1. The Balaban J connectivity index is 1.94. The number of benzene rings is 1. The van der Waals surface area contributed by atoms with E-state index < -0.39 is 11.5 Å². The third kappa shape index (κ3) is 3.78. The summed E-state index contributed by atoms with van der Waals surface area (Å²) in [4.78, 5) is 16.0. The lowest BCUT2D eigenvalue weighted by Crippen LogP contribution is -2.26. The summed E-state index contributed by atoms with van der Waals surface area (Å²) in [6.45, 7) is 5.58. The molecule has 0 atom stereocenters. The van der Waals surface area contributed by atoms with Crippen molar-refractivity contribution in [3.63, 3.8) is 0 Å². The van der Waals surface area contributed by atoms with Crippen molar-refractivity contribution in [2.45, 2.75) is 23.7 Å². The summed E-state index contributed by atoms with van der Waals surface area (Å²) < 4.78 is 38.2. The Kier molecular flexibility index (Phi) is 4.85. The van der Waals surface area contributed by atoms with Gasteiger partial charge in [-0.15, -0.1) is 11.3 Å². The van der Waals surface area contributed by atoms with Gasteiger partial charge in [0.05, 0.1) is 0 Å². The number of rotatable bonds is 4. The van der Waals surface area contributed by atoms with Gasteiger partial charge in [-0.2, -0.15) is 13.2 Å². The molecule has 1 aliphatic heterocycles. The van der Waals surface area contributed by atoms with E-state index in [0.29, 0.717) is 33.2 Å². The van der Waals surface area contributed by atoms with Crippen LogP contribution in [0.2, 0.25) is 0 Å². The summed E-state index contributed by atoms with van der Waals surface area (Å²) in [5.41, 5.74) is -2.20. The summed E-state index contributed by atoms with van der Waals surface area (Å²) in [5, 5.41) is 12.7. The maximum Gasteiger partial charge on any atom is 0.446 e. The third-order valence-electron chi connectivity index (χ3n) is 3.71. The first-order valence-electron chi connectivity index (χ1n) is 7.40. The smallest absolute Gasteiger partial charge is 0.446 e. The largest absolute Gasteiger partial charge is 0.477 e. The lowest BCUT2D eigenvalue weighted by atomic mass is 10.1. The number of thiophene rings is 1. The lowest BCUT2D eigenvalue weighted by molar-refractivity contribution is -0.0328. The number of fused-ring (bicyclic) bond motifs is 1. The predicted molar refractivity (Wildman–Crippen MR) is 97.3 cm³/mol. The second-order valence-electron chi connectivity index (χ2n) is 5.54. The Morgan fingerprint density at radius 3 is 2.73 bits per heavy atom. The van der Waals surface area contributed by atoms with Crippen LogP contribution in [0, 0.1) is 6.92 Å². The van der Waals surface area contributed by atoms with Crippen molar-refractivity contribution in [1.29, 1.82) is 0 Å². The molecule has 0 fully saturated rings. The maximum absolute atomic E-state index is 12.7. The quantitative estimate of drug-likeness (QED) is 0.694. The highest BCUT2D eigenvalue weighted by molar-refractivity contribution is 8.00. The summed E-state index contributed by atoms with van der Waals surface area (Å²) in [5.74, 6) is -0.616. The third-order valence-corrected chi connectivity index (χ3v) is 5.74. The first-order valence-corrected chi connectivity index (χ1v) is 9.03. The average Bonchev–Trinajstić information content (AvgIpc) is 2.85. The Bertz CT molecular complexity index is 933. The molecule has 0 aliphatic carbocycles. The SMILES string of the molecule is C=C1NC(Cc2ccccc2SC(F)(F)F)=Nc2sc(C(=O)O)c(C)c21. The number of nitrogens with zero attached hydrogens (tertiary/aromatic N) is 1. The van der Waals surface area contributed by atoms with Crippen LogP contribution in [0.3, 0.4) is 0 Å². The Morgan fingerprint density at radius 1 is 1.38 bits per heavy atom. The zero-order valence-electron chi connectivity index (χ0n) is 13.5. The van der Waals surface area contributed by atoms with E-state index in [1.54, 1.807) is 25.1 Å². The van der Waals surface area contributed by atoms with Gasteiger partial charge in [0.2, 0.25) is 0 Å². The van der Waals surface area contributed by atoms with Crippen LogP contribution in [0.5, 0.6) is 0 Å². The van der Waals surface area contributed by atoms with Crippen molar-refractivity contribution in [1.82, 2.24) is 5.32 Å². The first-order chi connectivity index (χ1) is 12.2. The number of carboxylic acids is 1. The van der Waals surface area contributed by atoms with E-state index in [2.05, 4.69) is 16.9 Å². The van der Waals surface area contributed by atoms with E-state index in [-0.39, 0.29) is 28.0 Å². The minimum atomic E-state index is -4.38. The number of amidine groups is 1. The van der Waals surface area contributed by atoms with E-state index in [9.17, 15) is 23.1 Å². The van der Waals surface area contributed by atoms with E-state index in [0.717, 1.165) is 11.3 Å². The van der Waals surface area contributed by atoms with E-state index >= 15 is 0 Å². The predicted octanol–water partition coefficient (Wildman–Crippen LogP) is 5.21. The van der Waals surface area contributed by atoms with Crippen molar-refractivity contribution >= 4 is 45.6 Å². The number of carbonyl (C=O) groups is 1. The van der Waals surface area contributed by atoms with Gasteiger partial charge in [-0.3, -0.25) is 0 Å². The van der Waals surface area contributed by atoms with Gasteiger partial charge in [-0.05, 0) is 35.9 Å². The molecular weight excluding hydrogens is 385 g/mol. The molecule has 3 rings (SSSR count). The van der Waals surface area contributed by atoms with Crippen LogP contribution in [-0.4, -0.2) is 22.4 Å². The molecule has 0 saturated heterocycles. The minimum Gasteiger partial charge on any atom is -0.477 e. The number of aliphatic imine (C=N–C) groups is 1. The fraction of sp³-hybridized carbons (Fsp3) is 0.176. The van der Waals surface area contributed by atoms with Gasteiger partial charge in [0.15, 0.2) is 0 Å². The molecule has 1 aromatic carbocycles. The van der Waals surface area contributed by atoms with E-state index in [1.807, 2.05) is 0 Å². The molecule has 0 unspecified atom stereocenters. The van der Waals surface area contributed by atoms with E-state index in [1.165, 1.54) is 6.07 Å². The number of aromatic carboxylic acids is 1. The number of hydrogen-bond donors (Lipinski definition) is 2. The zero-order valence-corrected chi connectivity index (χ0v) is 15.1.